The molecular weight excluding hydrogens is 384 g/mol. The number of hydrogen-bond donors (Lipinski definition) is 2. The summed E-state index contributed by atoms with van der Waals surface area (Å²) in [6.45, 7) is 3.33. The number of ether oxygens (including phenoxy) is 3. The van der Waals surface area contributed by atoms with E-state index in [2.05, 4.69) is 10.2 Å². The third-order valence-corrected chi connectivity index (χ3v) is 5.84. The van der Waals surface area contributed by atoms with E-state index in [1.165, 1.54) is 7.11 Å². The molecule has 7 heteroatoms. The first-order valence-corrected chi connectivity index (χ1v) is 10.2. The number of benzene rings is 2. The highest BCUT2D eigenvalue weighted by atomic mass is 16.7. The SMILES string of the molecule is COCC(=O)NC1C(c2ccccc2)N(Cc2ccc3c(c2)OCO3)CCC1(C)O. The van der Waals surface area contributed by atoms with E-state index in [0.717, 1.165) is 22.6 Å². The molecule has 2 aromatic rings. The van der Waals surface area contributed by atoms with E-state index in [1.807, 2.05) is 48.5 Å². The fraction of sp³-hybridized carbons (Fsp3) is 0.435. The van der Waals surface area contributed by atoms with Crippen LogP contribution in [0, 0.1) is 0 Å². The number of nitrogens with one attached hydrogen (secondary N) is 1. The molecule has 1 saturated heterocycles. The Morgan fingerprint density at radius 3 is 2.77 bits per heavy atom. The van der Waals surface area contributed by atoms with Crippen molar-refractivity contribution < 1.29 is 24.1 Å². The van der Waals surface area contributed by atoms with Crippen molar-refractivity contribution in [2.45, 2.75) is 37.6 Å². The van der Waals surface area contributed by atoms with E-state index in [4.69, 9.17) is 14.2 Å². The second kappa shape index (κ2) is 8.63. The molecule has 3 unspecified atom stereocenters. The van der Waals surface area contributed by atoms with E-state index >= 15 is 0 Å². The van der Waals surface area contributed by atoms with Crippen molar-refractivity contribution in [1.82, 2.24) is 10.2 Å². The van der Waals surface area contributed by atoms with Crippen LogP contribution in [0.1, 0.15) is 30.5 Å². The number of likely N-dealkylation sites (tertiary alicyclic amines) is 1. The van der Waals surface area contributed by atoms with Gasteiger partial charge in [0.25, 0.3) is 0 Å². The molecule has 2 heterocycles. The first-order valence-electron chi connectivity index (χ1n) is 10.2. The van der Waals surface area contributed by atoms with Gasteiger partial charge in [0.1, 0.15) is 6.61 Å². The van der Waals surface area contributed by atoms with Gasteiger partial charge in [-0.15, -0.1) is 0 Å². The number of methoxy groups -OCH3 is 1. The number of rotatable bonds is 6. The highest BCUT2D eigenvalue weighted by Crippen LogP contribution is 2.39. The third-order valence-electron chi connectivity index (χ3n) is 5.84. The van der Waals surface area contributed by atoms with Crippen molar-refractivity contribution in [3.8, 4) is 11.5 Å². The van der Waals surface area contributed by atoms with Crippen molar-refractivity contribution in [3.05, 3.63) is 59.7 Å². The fourth-order valence-corrected chi connectivity index (χ4v) is 4.30. The maximum atomic E-state index is 12.4. The molecule has 0 spiro atoms. The molecule has 1 amide bonds. The van der Waals surface area contributed by atoms with Crippen molar-refractivity contribution in [3.63, 3.8) is 0 Å². The van der Waals surface area contributed by atoms with E-state index < -0.39 is 11.6 Å². The number of carbonyl (C=O) groups is 1. The molecule has 2 aromatic carbocycles. The number of piperidine rings is 1. The topological polar surface area (TPSA) is 80.3 Å². The van der Waals surface area contributed by atoms with Gasteiger partial charge >= 0.3 is 0 Å². The predicted octanol–water partition coefficient (Wildman–Crippen LogP) is 2.24. The third kappa shape index (κ3) is 4.28. The normalized spacial score (nSPS) is 25.8. The number of aliphatic hydroxyl groups is 1. The van der Waals surface area contributed by atoms with Crippen LogP contribution in [0.5, 0.6) is 11.5 Å². The van der Waals surface area contributed by atoms with Crippen LogP contribution in [0.25, 0.3) is 0 Å². The number of carbonyl (C=O) groups excluding carboxylic acids is 1. The molecule has 7 nitrogen and oxygen atoms in total. The van der Waals surface area contributed by atoms with Crippen LogP contribution in [0.15, 0.2) is 48.5 Å². The van der Waals surface area contributed by atoms with Gasteiger partial charge in [0.2, 0.25) is 12.7 Å². The molecule has 160 valence electrons. The minimum Gasteiger partial charge on any atom is -0.454 e. The smallest absolute Gasteiger partial charge is 0.246 e. The summed E-state index contributed by atoms with van der Waals surface area (Å²) < 4.78 is 15.9. The van der Waals surface area contributed by atoms with Gasteiger partial charge in [0.15, 0.2) is 11.5 Å². The van der Waals surface area contributed by atoms with Crippen LogP contribution in [-0.4, -0.2) is 54.6 Å². The molecule has 0 bridgehead atoms. The van der Waals surface area contributed by atoms with Crippen LogP contribution in [0.2, 0.25) is 0 Å². The lowest BCUT2D eigenvalue weighted by molar-refractivity contribution is -0.132. The van der Waals surface area contributed by atoms with Crippen molar-refractivity contribution >= 4 is 5.91 Å². The number of amides is 1. The zero-order valence-electron chi connectivity index (χ0n) is 17.3. The molecule has 3 atom stereocenters. The van der Waals surface area contributed by atoms with Crippen LogP contribution in [0.4, 0.5) is 0 Å². The van der Waals surface area contributed by atoms with Crippen molar-refractivity contribution in [2.75, 3.05) is 27.1 Å². The molecule has 0 aromatic heterocycles. The number of fused-ring (bicyclic) bond motifs is 1. The Morgan fingerprint density at radius 1 is 1.23 bits per heavy atom. The number of hydrogen-bond acceptors (Lipinski definition) is 6. The largest absolute Gasteiger partial charge is 0.454 e. The Hall–Kier alpha value is -2.61. The Balaban J connectivity index is 1.65. The first-order chi connectivity index (χ1) is 14.5. The molecule has 2 N–H and O–H groups in total. The van der Waals surface area contributed by atoms with Crippen LogP contribution in [0.3, 0.4) is 0 Å². The summed E-state index contributed by atoms with van der Waals surface area (Å²) in [6.07, 6.45) is 0.540. The van der Waals surface area contributed by atoms with Gasteiger partial charge in [-0.2, -0.15) is 0 Å². The van der Waals surface area contributed by atoms with Crippen LogP contribution < -0.4 is 14.8 Å². The Labute approximate surface area is 176 Å². The second-order valence-electron chi connectivity index (χ2n) is 8.10. The Bertz CT molecular complexity index is 886. The van der Waals surface area contributed by atoms with E-state index in [1.54, 1.807) is 6.92 Å². The zero-order valence-corrected chi connectivity index (χ0v) is 17.3. The van der Waals surface area contributed by atoms with Gasteiger partial charge < -0.3 is 24.6 Å². The standard InChI is InChI=1S/C23H28N2O5/c1-23(27)10-11-25(13-16-8-9-18-19(12-16)30-15-29-18)21(17-6-4-3-5-7-17)22(23)24-20(26)14-28-2/h3-9,12,21-22,27H,10-11,13-15H2,1-2H3,(H,24,26). The summed E-state index contributed by atoms with van der Waals surface area (Å²) >= 11 is 0. The summed E-state index contributed by atoms with van der Waals surface area (Å²) in [5, 5.41) is 14.2. The molecule has 1 fully saturated rings. The summed E-state index contributed by atoms with van der Waals surface area (Å²) in [5.41, 5.74) is 1.08. The van der Waals surface area contributed by atoms with E-state index in [0.29, 0.717) is 19.5 Å². The molecule has 0 aliphatic carbocycles. The van der Waals surface area contributed by atoms with E-state index in [9.17, 15) is 9.90 Å². The van der Waals surface area contributed by atoms with Crippen LogP contribution >= 0.6 is 0 Å². The minimum absolute atomic E-state index is 0.0454. The van der Waals surface area contributed by atoms with Gasteiger partial charge in [-0.25, -0.2) is 0 Å². The summed E-state index contributed by atoms with van der Waals surface area (Å²) in [4.78, 5) is 14.7. The quantitative estimate of drug-likeness (QED) is 0.758. The molecule has 0 radical (unpaired) electrons. The predicted molar refractivity (Wildman–Crippen MR) is 111 cm³/mol. The highest BCUT2D eigenvalue weighted by Gasteiger charge is 2.46. The highest BCUT2D eigenvalue weighted by molar-refractivity contribution is 5.77. The zero-order chi connectivity index (χ0) is 21.1. The molecule has 30 heavy (non-hydrogen) atoms. The fourth-order valence-electron chi connectivity index (χ4n) is 4.30. The summed E-state index contributed by atoms with van der Waals surface area (Å²) in [7, 11) is 1.49. The van der Waals surface area contributed by atoms with Gasteiger partial charge in [-0.05, 0) is 36.6 Å². The van der Waals surface area contributed by atoms with Gasteiger partial charge in [0, 0.05) is 20.2 Å². The second-order valence-corrected chi connectivity index (χ2v) is 8.10. The lowest BCUT2D eigenvalue weighted by Crippen LogP contribution is -2.62. The van der Waals surface area contributed by atoms with Crippen molar-refractivity contribution in [2.24, 2.45) is 0 Å². The summed E-state index contributed by atoms with van der Waals surface area (Å²) in [6, 6.07) is 15.3. The minimum atomic E-state index is -1.05. The first kappa shape index (κ1) is 20.7. The van der Waals surface area contributed by atoms with E-state index in [-0.39, 0.29) is 25.3 Å². The maximum absolute atomic E-state index is 12.4. The lowest BCUT2D eigenvalue weighted by Gasteiger charge is -2.49. The molecule has 4 rings (SSSR count). The van der Waals surface area contributed by atoms with Gasteiger partial charge in [-0.1, -0.05) is 36.4 Å². The molecular formula is C23H28N2O5. The average molecular weight is 412 g/mol. The Morgan fingerprint density at radius 2 is 2.00 bits per heavy atom. The van der Waals surface area contributed by atoms with Gasteiger partial charge in [-0.3, -0.25) is 9.69 Å². The number of nitrogens with zero attached hydrogens (tertiary/aromatic N) is 1. The molecule has 0 saturated carbocycles. The average Bonchev–Trinajstić information content (AvgIpc) is 3.19. The maximum Gasteiger partial charge on any atom is 0.246 e. The molecule has 2 aliphatic rings. The monoisotopic (exact) mass is 412 g/mol. The lowest BCUT2D eigenvalue weighted by atomic mass is 9.79. The summed E-state index contributed by atoms with van der Waals surface area (Å²) in [5.74, 6) is 1.26. The van der Waals surface area contributed by atoms with Gasteiger partial charge in [0.05, 0.1) is 17.7 Å². The molecule has 2 aliphatic heterocycles. The Kier molecular flexibility index (Phi) is 5.94. The van der Waals surface area contributed by atoms with Crippen molar-refractivity contribution in [1.29, 1.82) is 0 Å². The van der Waals surface area contributed by atoms with Crippen LogP contribution in [-0.2, 0) is 16.1 Å².